The molecule has 2 amide bonds. The highest BCUT2D eigenvalue weighted by Gasteiger charge is 2.32. The zero-order valence-electron chi connectivity index (χ0n) is 12.4. The molecular weight excluding hydrogens is 280 g/mol. The Bertz CT molecular complexity index is 387. The zero-order chi connectivity index (χ0) is 15.8. The molecule has 1 N–H and O–H groups in total. The molecule has 0 aliphatic carbocycles. The highest BCUT2D eigenvalue weighted by Crippen LogP contribution is 2.13. The summed E-state index contributed by atoms with van der Waals surface area (Å²) in [6, 6.07) is -0.875. The number of morpholine rings is 1. The Hall–Kier alpha value is -1.83. The lowest BCUT2D eigenvalue weighted by atomic mass is 10.1. The third kappa shape index (κ3) is 5.22. The first-order valence-corrected chi connectivity index (χ1v) is 7.00. The first-order valence-electron chi connectivity index (χ1n) is 7.00. The van der Waals surface area contributed by atoms with Crippen LogP contribution in [-0.4, -0.2) is 78.4 Å². The van der Waals surface area contributed by atoms with E-state index < -0.39 is 18.0 Å². The summed E-state index contributed by atoms with van der Waals surface area (Å²) in [6.45, 7) is 4.77. The number of carbonyl (C=O) groups excluding carboxylic acids is 2. The second-order valence-electron chi connectivity index (χ2n) is 4.62. The summed E-state index contributed by atoms with van der Waals surface area (Å²) in [6.07, 6.45) is -0.178. The molecule has 1 fully saturated rings. The fraction of sp³-hybridized carbons (Fsp3) is 0.769. The van der Waals surface area contributed by atoms with Crippen LogP contribution in [0.5, 0.6) is 0 Å². The van der Waals surface area contributed by atoms with Crippen molar-refractivity contribution in [2.75, 3.05) is 39.5 Å². The zero-order valence-corrected chi connectivity index (χ0v) is 12.4. The summed E-state index contributed by atoms with van der Waals surface area (Å²) in [7, 11) is 0. The van der Waals surface area contributed by atoms with Gasteiger partial charge in [0.2, 0.25) is 0 Å². The molecule has 0 aromatic carbocycles. The molecule has 8 heteroatoms. The molecular formula is C13H22N2O6. The quantitative estimate of drug-likeness (QED) is 0.702. The van der Waals surface area contributed by atoms with Crippen molar-refractivity contribution in [2.24, 2.45) is 0 Å². The highest BCUT2D eigenvalue weighted by atomic mass is 16.5. The molecule has 0 aromatic heterocycles. The SMILES string of the molecule is CCOC(=O)CN(CC)C(=O)N1CCOCC1CC(=O)O. The second-order valence-corrected chi connectivity index (χ2v) is 4.62. The molecule has 0 spiro atoms. The molecule has 0 bridgehead atoms. The van der Waals surface area contributed by atoms with Gasteiger partial charge in [0, 0.05) is 13.1 Å². The molecule has 1 aliphatic rings. The van der Waals surface area contributed by atoms with E-state index in [0.717, 1.165) is 0 Å². The summed E-state index contributed by atoms with van der Waals surface area (Å²) >= 11 is 0. The number of carboxylic acids is 1. The van der Waals surface area contributed by atoms with E-state index in [1.54, 1.807) is 13.8 Å². The Labute approximate surface area is 123 Å². The predicted octanol–water partition coefficient (Wildman–Crippen LogP) is 0.167. The number of carbonyl (C=O) groups is 3. The van der Waals surface area contributed by atoms with Crippen LogP contribution in [0.25, 0.3) is 0 Å². The Kier molecular flexibility index (Phi) is 6.93. The molecule has 21 heavy (non-hydrogen) atoms. The van der Waals surface area contributed by atoms with Gasteiger partial charge in [-0.3, -0.25) is 9.59 Å². The Morgan fingerprint density at radius 1 is 1.38 bits per heavy atom. The topological polar surface area (TPSA) is 96.4 Å². The van der Waals surface area contributed by atoms with Crippen molar-refractivity contribution in [1.82, 2.24) is 9.80 Å². The molecule has 120 valence electrons. The van der Waals surface area contributed by atoms with Crippen molar-refractivity contribution in [2.45, 2.75) is 26.3 Å². The van der Waals surface area contributed by atoms with Crippen LogP contribution in [0.2, 0.25) is 0 Å². The van der Waals surface area contributed by atoms with Gasteiger partial charge in [-0.15, -0.1) is 0 Å². The largest absolute Gasteiger partial charge is 0.481 e. The molecule has 1 aliphatic heterocycles. The molecule has 1 unspecified atom stereocenters. The number of carboxylic acid groups (broad SMARTS) is 1. The van der Waals surface area contributed by atoms with Gasteiger partial charge in [-0.05, 0) is 13.8 Å². The van der Waals surface area contributed by atoms with Crippen LogP contribution in [-0.2, 0) is 19.1 Å². The molecule has 1 heterocycles. The maximum absolute atomic E-state index is 12.5. The van der Waals surface area contributed by atoms with Gasteiger partial charge in [0.1, 0.15) is 6.54 Å². The Balaban J connectivity index is 2.71. The molecule has 1 atom stereocenters. The van der Waals surface area contributed by atoms with Crippen molar-refractivity contribution >= 4 is 18.0 Å². The summed E-state index contributed by atoms with van der Waals surface area (Å²) in [5.74, 6) is -1.47. The normalized spacial score (nSPS) is 18.2. The minimum Gasteiger partial charge on any atom is -0.481 e. The summed E-state index contributed by atoms with van der Waals surface area (Å²) in [5.41, 5.74) is 0. The lowest BCUT2D eigenvalue weighted by Crippen LogP contribution is -2.55. The lowest BCUT2D eigenvalue weighted by molar-refractivity contribution is -0.144. The van der Waals surface area contributed by atoms with Gasteiger partial charge < -0.3 is 24.4 Å². The van der Waals surface area contributed by atoms with Crippen molar-refractivity contribution < 1.29 is 29.0 Å². The van der Waals surface area contributed by atoms with Gasteiger partial charge in [-0.25, -0.2) is 4.79 Å². The van der Waals surface area contributed by atoms with E-state index in [2.05, 4.69) is 0 Å². The first-order chi connectivity index (χ1) is 9.99. The van der Waals surface area contributed by atoms with E-state index in [9.17, 15) is 14.4 Å². The number of amides is 2. The van der Waals surface area contributed by atoms with Crippen LogP contribution < -0.4 is 0 Å². The number of urea groups is 1. The minimum absolute atomic E-state index is 0.139. The number of hydrogen-bond acceptors (Lipinski definition) is 5. The van der Waals surface area contributed by atoms with E-state index in [-0.39, 0.29) is 32.2 Å². The number of nitrogens with zero attached hydrogens (tertiary/aromatic N) is 2. The number of aliphatic carboxylic acids is 1. The average Bonchev–Trinajstić information content (AvgIpc) is 2.44. The molecule has 0 aromatic rings. The second kappa shape index (κ2) is 8.46. The number of ether oxygens (including phenoxy) is 2. The van der Waals surface area contributed by atoms with Gasteiger partial charge in [0.15, 0.2) is 0 Å². The fourth-order valence-corrected chi connectivity index (χ4v) is 2.14. The van der Waals surface area contributed by atoms with Crippen LogP contribution >= 0.6 is 0 Å². The Morgan fingerprint density at radius 2 is 2.10 bits per heavy atom. The maximum atomic E-state index is 12.5. The van der Waals surface area contributed by atoms with Crippen molar-refractivity contribution in [3.8, 4) is 0 Å². The van der Waals surface area contributed by atoms with Crippen LogP contribution in [0.4, 0.5) is 4.79 Å². The van der Waals surface area contributed by atoms with Gasteiger partial charge in [-0.1, -0.05) is 0 Å². The Morgan fingerprint density at radius 3 is 2.67 bits per heavy atom. The third-order valence-corrected chi connectivity index (χ3v) is 3.16. The number of likely N-dealkylation sites (N-methyl/N-ethyl adjacent to an activating group) is 1. The summed E-state index contributed by atoms with van der Waals surface area (Å²) in [5, 5.41) is 8.90. The van der Waals surface area contributed by atoms with Gasteiger partial charge in [-0.2, -0.15) is 0 Å². The number of rotatable bonds is 6. The van der Waals surface area contributed by atoms with Crippen LogP contribution in [0.1, 0.15) is 20.3 Å². The van der Waals surface area contributed by atoms with Crippen molar-refractivity contribution in [3.63, 3.8) is 0 Å². The highest BCUT2D eigenvalue weighted by molar-refractivity contribution is 5.81. The lowest BCUT2D eigenvalue weighted by Gasteiger charge is -2.37. The van der Waals surface area contributed by atoms with Crippen molar-refractivity contribution in [1.29, 1.82) is 0 Å². The monoisotopic (exact) mass is 302 g/mol. The van der Waals surface area contributed by atoms with E-state index in [1.165, 1.54) is 9.80 Å². The van der Waals surface area contributed by atoms with E-state index in [1.807, 2.05) is 0 Å². The van der Waals surface area contributed by atoms with E-state index in [0.29, 0.717) is 19.7 Å². The molecule has 1 saturated heterocycles. The van der Waals surface area contributed by atoms with Gasteiger partial charge in [0.05, 0.1) is 32.3 Å². The van der Waals surface area contributed by atoms with Gasteiger partial charge >= 0.3 is 18.0 Å². The first kappa shape index (κ1) is 17.2. The summed E-state index contributed by atoms with van der Waals surface area (Å²) < 4.78 is 10.1. The van der Waals surface area contributed by atoms with Crippen LogP contribution in [0, 0.1) is 0 Å². The number of esters is 1. The molecule has 0 saturated carbocycles. The van der Waals surface area contributed by atoms with E-state index >= 15 is 0 Å². The standard InChI is InChI=1S/C13H22N2O6/c1-3-14(8-12(18)21-4-2)13(19)15-5-6-20-9-10(15)7-11(16)17/h10H,3-9H2,1-2H3,(H,16,17). The summed E-state index contributed by atoms with van der Waals surface area (Å²) in [4.78, 5) is 37.6. The number of hydrogen-bond donors (Lipinski definition) is 1. The third-order valence-electron chi connectivity index (χ3n) is 3.16. The van der Waals surface area contributed by atoms with E-state index in [4.69, 9.17) is 14.6 Å². The van der Waals surface area contributed by atoms with Crippen LogP contribution in [0.3, 0.4) is 0 Å². The molecule has 0 radical (unpaired) electrons. The smallest absolute Gasteiger partial charge is 0.325 e. The van der Waals surface area contributed by atoms with Gasteiger partial charge in [0.25, 0.3) is 0 Å². The predicted molar refractivity (Wildman–Crippen MR) is 72.8 cm³/mol. The minimum atomic E-state index is -0.989. The fourth-order valence-electron chi connectivity index (χ4n) is 2.14. The average molecular weight is 302 g/mol. The molecule has 1 rings (SSSR count). The van der Waals surface area contributed by atoms with Crippen LogP contribution in [0.15, 0.2) is 0 Å². The van der Waals surface area contributed by atoms with Crippen molar-refractivity contribution in [3.05, 3.63) is 0 Å². The molecule has 8 nitrogen and oxygen atoms in total. The maximum Gasteiger partial charge on any atom is 0.325 e.